The summed E-state index contributed by atoms with van der Waals surface area (Å²) in [5.74, 6) is 0. The highest BCUT2D eigenvalue weighted by molar-refractivity contribution is 4.32. The van der Waals surface area contributed by atoms with E-state index in [0.717, 1.165) is 13.2 Å². The second kappa shape index (κ2) is 10.8. The Hall–Kier alpha value is -0.120. The zero-order valence-corrected chi connectivity index (χ0v) is 6.24. The Labute approximate surface area is 56.7 Å². The van der Waals surface area contributed by atoms with Crippen molar-refractivity contribution in [1.29, 1.82) is 0 Å². The van der Waals surface area contributed by atoms with Crippen LogP contribution in [0.15, 0.2) is 0 Å². The van der Waals surface area contributed by atoms with E-state index in [1.165, 1.54) is 12.8 Å². The molecule has 0 heterocycles. The van der Waals surface area contributed by atoms with Gasteiger partial charge in [-0.25, -0.2) is 5.48 Å². The number of hydrogen-bond donors (Lipinski definition) is 1. The first-order chi connectivity index (χ1) is 3.91. The second-order valence-corrected chi connectivity index (χ2v) is 1.68. The van der Waals surface area contributed by atoms with E-state index in [1.54, 1.807) is 0 Å². The smallest absolute Gasteiger partial charge is 0.0653 e. The molecule has 58 valence electrons. The van der Waals surface area contributed by atoms with Crippen LogP contribution >= 0.6 is 0 Å². The van der Waals surface area contributed by atoms with Crippen molar-refractivity contribution in [3.05, 3.63) is 0 Å². The Kier molecular flexibility index (Phi) is 14.0. The van der Waals surface area contributed by atoms with Crippen molar-refractivity contribution in [3.63, 3.8) is 0 Å². The highest BCUT2D eigenvalue weighted by atomic mass is 16.6. The molecule has 0 aromatic carbocycles. The molecule has 0 radical (unpaired) electrons. The SMILES string of the molecule is CCCCNOCC.O. The Balaban J connectivity index is 0. The quantitative estimate of drug-likeness (QED) is 0.441. The molecule has 3 N–H and O–H groups in total. The van der Waals surface area contributed by atoms with E-state index >= 15 is 0 Å². The zero-order chi connectivity index (χ0) is 6.24. The van der Waals surface area contributed by atoms with Gasteiger partial charge in [0.05, 0.1) is 6.61 Å². The van der Waals surface area contributed by atoms with Crippen molar-refractivity contribution >= 4 is 0 Å². The predicted molar refractivity (Wildman–Crippen MR) is 38.2 cm³/mol. The third kappa shape index (κ3) is 11.4. The molecule has 0 atom stereocenters. The Morgan fingerprint density at radius 2 is 2.00 bits per heavy atom. The fourth-order valence-corrected chi connectivity index (χ4v) is 0.423. The molecule has 3 heteroatoms. The second-order valence-electron chi connectivity index (χ2n) is 1.68. The first-order valence-corrected chi connectivity index (χ1v) is 3.26. The van der Waals surface area contributed by atoms with Gasteiger partial charge in [0.25, 0.3) is 0 Å². The van der Waals surface area contributed by atoms with Crippen molar-refractivity contribution in [2.75, 3.05) is 13.2 Å². The molecule has 0 amide bonds. The van der Waals surface area contributed by atoms with E-state index in [-0.39, 0.29) is 5.48 Å². The Morgan fingerprint density at radius 1 is 1.33 bits per heavy atom. The van der Waals surface area contributed by atoms with E-state index in [1.807, 2.05) is 6.92 Å². The summed E-state index contributed by atoms with van der Waals surface area (Å²) in [6.45, 7) is 5.86. The molecular weight excluding hydrogens is 118 g/mol. The normalized spacial score (nSPS) is 8.67. The first kappa shape index (κ1) is 11.6. The summed E-state index contributed by atoms with van der Waals surface area (Å²) >= 11 is 0. The van der Waals surface area contributed by atoms with Crippen LogP contribution in [0, 0.1) is 0 Å². The van der Waals surface area contributed by atoms with Crippen LogP contribution in [-0.4, -0.2) is 18.6 Å². The van der Waals surface area contributed by atoms with Crippen LogP contribution in [0.25, 0.3) is 0 Å². The number of unbranched alkanes of at least 4 members (excludes halogenated alkanes) is 1. The number of rotatable bonds is 5. The standard InChI is InChI=1S/C6H15NO.H2O/c1-3-5-6-7-8-4-2;/h7H,3-6H2,1-2H3;1H2. The molecule has 0 rings (SSSR count). The summed E-state index contributed by atoms with van der Waals surface area (Å²) in [6, 6.07) is 0. The Bertz CT molecular complexity index is 36.0. The maximum atomic E-state index is 4.89. The third-order valence-electron chi connectivity index (χ3n) is 0.879. The lowest BCUT2D eigenvalue weighted by atomic mass is 10.3. The number of nitrogens with one attached hydrogen (secondary N) is 1. The molecule has 0 aliphatic carbocycles. The zero-order valence-electron chi connectivity index (χ0n) is 6.24. The van der Waals surface area contributed by atoms with Gasteiger partial charge in [-0.05, 0) is 13.3 Å². The van der Waals surface area contributed by atoms with Crippen LogP contribution in [0.2, 0.25) is 0 Å². The van der Waals surface area contributed by atoms with Crippen LogP contribution < -0.4 is 5.48 Å². The molecule has 0 bridgehead atoms. The lowest BCUT2D eigenvalue weighted by Crippen LogP contribution is -2.15. The van der Waals surface area contributed by atoms with Gasteiger partial charge >= 0.3 is 0 Å². The van der Waals surface area contributed by atoms with Crippen molar-refractivity contribution in [2.24, 2.45) is 0 Å². The van der Waals surface area contributed by atoms with Crippen molar-refractivity contribution < 1.29 is 10.3 Å². The van der Waals surface area contributed by atoms with Crippen LogP contribution in [-0.2, 0) is 4.84 Å². The lowest BCUT2D eigenvalue weighted by Gasteiger charge is -1.99. The topological polar surface area (TPSA) is 52.8 Å². The molecular formula is C6H17NO2. The lowest BCUT2D eigenvalue weighted by molar-refractivity contribution is 0.0504. The average molecular weight is 135 g/mol. The number of hydrogen-bond acceptors (Lipinski definition) is 2. The fourth-order valence-electron chi connectivity index (χ4n) is 0.423. The predicted octanol–water partition coefficient (Wildman–Crippen LogP) is 0.503. The van der Waals surface area contributed by atoms with Gasteiger partial charge in [0.15, 0.2) is 0 Å². The van der Waals surface area contributed by atoms with Crippen LogP contribution in [0.3, 0.4) is 0 Å². The summed E-state index contributed by atoms with van der Waals surface area (Å²) in [6.07, 6.45) is 2.42. The summed E-state index contributed by atoms with van der Waals surface area (Å²) in [4.78, 5) is 4.89. The highest BCUT2D eigenvalue weighted by Crippen LogP contribution is 1.81. The summed E-state index contributed by atoms with van der Waals surface area (Å²) in [5, 5.41) is 0. The maximum absolute atomic E-state index is 4.89. The molecule has 0 aromatic rings. The largest absolute Gasteiger partial charge is 0.412 e. The van der Waals surface area contributed by atoms with Gasteiger partial charge in [-0.2, -0.15) is 0 Å². The maximum Gasteiger partial charge on any atom is 0.0653 e. The van der Waals surface area contributed by atoms with E-state index < -0.39 is 0 Å². The van der Waals surface area contributed by atoms with Gasteiger partial charge in [0, 0.05) is 6.54 Å². The van der Waals surface area contributed by atoms with Crippen molar-refractivity contribution in [1.82, 2.24) is 5.48 Å². The summed E-state index contributed by atoms with van der Waals surface area (Å²) < 4.78 is 0. The molecule has 9 heavy (non-hydrogen) atoms. The molecule has 0 saturated carbocycles. The van der Waals surface area contributed by atoms with E-state index in [9.17, 15) is 0 Å². The van der Waals surface area contributed by atoms with Gasteiger partial charge in [-0.1, -0.05) is 13.3 Å². The van der Waals surface area contributed by atoms with Crippen LogP contribution in [0.1, 0.15) is 26.7 Å². The van der Waals surface area contributed by atoms with Gasteiger partial charge < -0.3 is 10.3 Å². The highest BCUT2D eigenvalue weighted by Gasteiger charge is 1.80. The van der Waals surface area contributed by atoms with Gasteiger partial charge in [-0.15, -0.1) is 0 Å². The van der Waals surface area contributed by atoms with Crippen molar-refractivity contribution in [3.8, 4) is 0 Å². The van der Waals surface area contributed by atoms with E-state index in [0.29, 0.717) is 0 Å². The first-order valence-electron chi connectivity index (χ1n) is 3.26. The number of hydroxylamine groups is 1. The fraction of sp³-hybridized carbons (Fsp3) is 1.00. The minimum atomic E-state index is 0. The third-order valence-corrected chi connectivity index (χ3v) is 0.879. The van der Waals surface area contributed by atoms with E-state index in [2.05, 4.69) is 12.4 Å². The Morgan fingerprint density at radius 3 is 2.44 bits per heavy atom. The molecule has 0 aliphatic heterocycles. The monoisotopic (exact) mass is 135 g/mol. The molecule has 0 fully saturated rings. The van der Waals surface area contributed by atoms with Crippen LogP contribution in [0.5, 0.6) is 0 Å². The van der Waals surface area contributed by atoms with Gasteiger partial charge in [-0.3, -0.25) is 0 Å². The molecule has 0 aromatic heterocycles. The van der Waals surface area contributed by atoms with E-state index in [4.69, 9.17) is 4.84 Å². The van der Waals surface area contributed by atoms with Gasteiger partial charge in [0.1, 0.15) is 0 Å². The summed E-state index contributed by atoms with van der Waals surface area (Å²) in [5.41, 5.74) is 2.84. The minimum absolute atomic E-state index is 0. The summed E-state index contributed by atoms with van der Waals surface area (Å²) in [7, 11) is 0. The molecule has 0 spiro atoms. The van der Waals surface area contributed by atoms with Crippen LogP contribution in [0.4, 0.5) is 0 Å². The minimum Gasteiger partial charge on any atom is -0.412 e. The average Bonchev–Trinajstić information content (AvgIpc) is 1.81. The van der Waals surface area contributed by atoms with Gasteiger partial charge in [0.2, 0.25) is 0 Å². The molecule has 0 saturated heterocycles. The molecule has 0 aliphatic rings. The molecule has 3 nitrogen and oxygen atoms in total. The molecule has 0 unspecified atom stereocenters. The van der Waals surface area contributed by atoms with Crippen molar-refractivity contribution in [2.45, 2.75) is 26.7 Å².